The van der Waals surface area contributed by atoms with Crippen molar-refractivity contribution >= 4 is 5.91 Å². The molecule has 2 heterocycles. The standard InChI is InChI=1S/C18H30N4O2/c1-20-8-4-5-15(18(20)16-9-19-13-22(16)3)10-21(2)17(23)12-24-11-14-6-7-14/h9,13-15,18H,4-8,10-12H2,1-3H3/t15-,18+/m0/s1. The van der Waals surface area contributed by atoms with Crippen molar-refractivity contribution in [3.8, 4) is 0 Å². The van der Waals surface area contributed by atoms with E-state index in [4.69, 9.17) is 4.74 Å². The largest absolute Gasteiger partial charge is 0.371 e. The van der Waals surface area contributed by atoms with Gasteiger partial charge >= 0.3 is 0 Å². The van der Waals surface area contributed by atoms with Crippen LogP contribution in [0.15, 0.2) is 12.5 Å². The van der Waals surface area contributed by atoms with E-state index in [2.05, 4.69) is 21.5 Å². The fourth-order valence-electron chi connectivity index (χ4n) is 3.73. The number of rotatable bonds is 7. The number of imidazole rings is 1. The molecule has 1 amide bonds. The minimum Gasteiger partial charge on any atom is -0.371 e. The van der Waals surface area contributed by atoms with Gasteiger partial charge in [-0.2, -0.15) is 0 Å². The van der Waals surface area contributed by atoms with Gasteiger partial charge in [0.05, 0.1) is 24.7 Å². The van der Waals surface area contributed by atoms with Gasteiger partial charge in [-0.1, -0.05) is 0 Å². The van der Waals surface area contributed by atoms with Gasteiger partial charge in [-0.3, -0.25) is 9.69 Å². The van der Waals surface area contributed by atoms with Crippen molar-refractivity contribution in [1.82, 2.24) is 19.4 Å². The fourth-order valence-corrected chi connectivity index (χ4v) is 3.73. The minimum atomic E-state index is 0.0904. The Morgan fingerprint density at radius 2 is 2.17 bits per heavy atom. The van der Waals surface area contributed by atoms with Crippen LogP contribution in [0.3, 0.4) is 0 Å². The lowest BCUT2D eigenvalue weighted by molar-refractivity contribution is -0.136. The van der Waals surface area contributed by atoms with Gasteiger partial charge in [-0.25, -0.2) is 4.98 Å². The molecule has 0 spiro atoms. The number of piperidine rings is 1. The molecule has 0 radical (unpaired) electrons. The van der Waals surface area contributed by atoms with Crippen LogP contribution >= 0.6 is 0 Å². The third-order valence-electron chi connectivity index (χ3n) is 5.37. The summed E-state index contributed by atoms with van der Waals surface area (Å²) >= 11 is 0. The lowest BCUT2D eigenvalue weighted by atomic mass is 9.87. The third kappa shape index (κ3) is 4.16. The maximum absolute atomic E-state index is 12.3. The molecule has 0 unspecified atom stereocenters. The number of likely N-dealkylation sites (N-methyl/N-ethyl adjacent to an activating group) is 1. The summed E-state index contributed by atoms with van der Waals surface area (Å²) in [5.74, 6) is 1.22. The second-order valence-electron chi connectivity index (χ2n) is 7.49. The van der Waals surface area contributed by atoms with Gasteiger partial charge in [-0.15, -0.1) is 0 Å². The summed E-state index contributed by atoms with van der Waals surface area (Å²) < 4.78 is 7.65. The Balaban J connectivity index is 1.58. The fraction of sp³-hybridized carbons (Fsp3) is 0.778. The van der Waals surface area contributed by atoms with Crippen LogP contribution < -0.4 is 0 Å². The summed E-state index contributed by atoms with van der Waals surface area (Å²) in [6, 6.07) is 0.314. The van der Waals surface area contributed by atoms with Crippen LogP contribution in [0.5, 0.6) is 0 Å². The highest BCUT2D eigenvalue weighted by atomic mass is 16.5. The molecule has 2 atom stereocenters. The average Bonchev–Trinajstić information content (AvgIpc) is 3.28. The molecular formula is C18H30N4O2. The van der Waals surface area contributed by atoms with E-state index in [9.17, 15) is 4.79 Å². The smallest absolute Gasteiger partial charge is 0.248 e. The number of hydrogen-bond acceptors (Lipinski definition) is 4. The Morgan fingerprint density at radius 1 is 1.38 bits per heavy atom. The number of carbonyl (C=O) groups is 1. The van der Waals surface area contributed by atoms with E-state index in [1.807, 2.05) is 31.5 Å². The van der Waals surface area contributed by atoms with Crippen LogP contribution in [-0.4, -0.2) is 65.7 Å². The first-order valence-corrected chi connectivity index (χ1v) is 9.04. The second kappa shape index (κ2) is 7.66. The third-order valence-corrected chi connectivity index (χ3v) is 5.37. The van der Waals surface area contributed by atoms with Crippen molar-refractivity contribution < 1.29 is 9.53 Å². The van der Waals surface area contributed by atoms with Crippen LogP contribution in [0, 0.1) is 11.8 Å². The van der Waals surface area contributed by atoms with Gasteiger partial charge in [-0.05, 0) is 51.1 Å². The number of carbonyl (C=O) groups excluding carboxylic acids is 1. The van der Waals surface area contributed by atoms with Crippen LogP contribution in [0.1, 0.15) is 37.4 Å². The summed E-state index contributed by atoms with van der Waals surface area (Å²) in [7, 11) is 6.12. The normalized spacial score (nSPS) is 25.0. The average molecular weight is 334 g/mol. The van der Waals surface area contributed by atoms with Gasteiger partial charge in [0.25, 0.3) is 0 Å². The lowest BCUT2D eigenvalue weighted by Gasteiger charge is -2.40. The molecular weight excluding hydrogens is 304 g/mol. The van der Waals surface area contributed by atoms with E-state index in [-0.39, 0.29) is 12.5 Å². The van der Waals surface area contributed by atoms with Gasteiger partial charge in [0.1, 0.15) is 6.61 Å². The molecule has 2 aliphatic rings. The van der Waals surface area contributed by atoms with Gasteiger partial charge in [0.15, 0.2) is 0 Å². The molecule has 6 nitrogen and oxygen atoms in total. The summed E-state index contributed by atoms with van der Waals surface area (Å²) in [5.41, 5.74) is 1.23. The molecule has 2 fully saturated rings. The molecule has 6 heteroatoms. The molecule has 0 bridgehead atoms. The highest BCUT2D eigenvalue weighted by Crippen LogP contribution is 2.35. The van der Waals surface area contributed by atoms with Gasteiger partial charge in [0, 0.05) is 26.8 Å². The zero-order chi connectivity index (χ0) is 17.1. The van der Waals surface area contributed by atoms with Crippen molar-refractivity contribution in [2.45, 2.75) is 31.7 Å². The molecule has 1 saturated carbocycles. The van der Waals surface area contributed by atoms with Crippen LogP contribution in [0.4, 0.5) is 0 Å². The zero-order valence-corrected chi connectivity index (χ0v) is 15.1. The molecule has 134 valence electrons. The number of aromatic nitrogens is 2. The first-order chi connectivity index (χ1) is 11.6. The number of hydrogen-bond donors (Lipinski definition) is 0. The van der Waals surface area contributed by atoms with Crippen LogP contribution in [0.2, 0.25) is 0 Å². The monoisotopic (exact) mass is 334 g/mol. The Labute approximate surface area is 144 Å². The van der Waals surface area contributed by atoms with Gasteiger partial charge in [0.2, 0.25) is 5.91 Å². The molecule has 1 aliphatic heterocycles. The van der Waals surface area contributed by atoms with Crippen molar-refractivity contribution in [3.63, 3.8) is 0 Å². The molecule has 1 aliphatic carbocycles. The lowest BCUT2D eigenvalue weighted by Crippen LogP contribution is -2.43. The minimum absolute atomic E-state index is 0.0904. The highest BCUT2D eigenvalue weighted by molar-refractivity contribution is 5.77. The Kier molecular flexibility index (Phi) is 5.56. The molecule has 0 N–H and O–H groups in total. The first-order valence-electron chi connectivity index (χ1n) is 9.04. The second-order valence-corrected chi connectivity index (χ2v) is 7.49. The molecule has 0 aromatic carbocycles. The topological polar surface area (TPSA) is 50.6 Å². The number of ether oxygens (including phenoxy) is 1. The summed E-state index contributed by atoms with van der Waals surface area (Å²) in [5, 5.41) is 0. The summed E-state index contributed by atoms with van der Waals surface area (Å²) in [6.07, 6.45) is 8.64. The predicted octanol–water partition coefficient (Wildman–Crippen LogP) is 1.69. The van der Waals surface area contributed by atoms with Crippen molar-refractivity contribution in [2.75, 3.05) is 40.4 Å². The summed E-state index contributed by atoms with van der Waals surface area (Å²) in [4.78, 5) is 20.9. The molecule has 1 saturated heterocycles. The number of aryl methyl sites for hydroxylation is 1. The quantitative estimate of drug-likeness (QED) is 0.761. The molecule has 24 heavy (non-hydrogen) atoms. The molecule has 1 aromatic heterocycles. The number of nitrogens with zero attached hydrogens (tertiary/aromatic N) is 4. The van der Waals surface area contributed by atoms with Crippen LogP contribution in [0.25, 0.3) is 0 Å². The first kappa shape index (κ1) is 17.4. The van der Waals surface area contributed by atoms with E-state index in [1.54, 1.807) is 0 Å². The SMILES string of the molecule is CN(C[C@@H]1CCCN(C)[C@H]1c1cncn1C)C(=O)COCC1CC1. The summed E-state index contributed by atoms with van der Waals surface area (Å²) in [6.45, 7) is 2.82. The maximum atomic E-state index is 12.3. The highest BCUT2D eigenvalue weighted by Gasteiger charge is 2.33. The zero-order valence-electron chi connectivity index (χ0n) is 15.1. The van der Waals surface area contributed by atoms with E-state index < -0.39 is 0 Å². The Hall–Kier alpha value is -1.40. The van der Waals surface area contributed by atoms with Gasteiger partial charge < -0.3 is 14.2 Å². The van der Waals surface area contributed by atoms with E-state index in [1.165, 1.54) is 25.0 Å². The van der Waals surface area contributed by atoms with Crippen molar-refractivity contribution in [2.24, 2.45) is 18.9 Å². The van der Waals surface area contributed by atoms with E-state index in [0.29, 0.717) is 17.9 Å². The molecule has 3 rings (SSSR count). The van der Waals surface area contributed by atoms with Crippen molar-refractivity contribution in [1.29, 1.82) is 0 Å². The molecule has 1 aromatic rings. The Bertz CT molecular complexity index is 555. The predicted molar refractivity (Wildman–Crippen MR) is 92.5 cm³/mol. The maximum Gasteiger partial charge on any atom is 0.248 e. The number of likely N-dealkylation sites (tertiary alicyclic amines) is 1. The van der Waals surface area contributed by atoms with E-state index in [0.717, 1.165) is 26.1 Å². The van der Waals surface area contributed by atoms with Crippen LogP contribution in [-0.2, 0) is 16.6 Å². The number of amides is 1. The Morgan fingerprint density at radius 3 is 2.83 bits per heavy atom. The van der Waals surface area contributed by atoms with E-state index >= 15 is 0 Å². The van der Waals surface area contributed by atoms with Crippen molar-refractivity contribution in [3.05, 3.63) is 18.2 Å².